The third kappa shape index (κ3) is 4.56. The smallest absolute Gasteiger partial charge is 0.262 e. The van der Waals surface area contributed by atoms with Crippen LogP contribution in [-0.4, -0.2) is 65.2 Å². The number of hydrogen-bond acceptors (Lipinski definition) is 8. The lowest BCUT2D eigenvalue weighted by Gasteiger charge is -2.28. The van der Waals surface area contributed by atoms with Crippen LogP contribution in [0, 0.1) is 0 Å². The molecule has 1 atom stereocenters. The van der Waals surface area contributed by atoms with Gasteiger partial charge in [0.15, 0.2) is 5.82 Å². The van der Waals surface area contributed by atoms with E-state index < -0.39 is 23.8 Å². The number of imide groups is 1. The summed E-state index contributed by atoms with van der Waals surface area (Å²) in [5.74, 6) is -0.782. The zero-order valence-corrected chi connectivity index (χ0v) is 19.1. The number of rotatable bonds is 6. The monoisotopic (exact) mass is 472 g/mol. The summed E-state index contributed by atoms with van der Waals surface area (Å²) in [5.41, 5.74) is 2.90. The number of benzene rings is 2. The van der Waals surface area contributed by atoms with E-state index in [9.17, 15) is 14.4 Å². The van der Waals surface area contributed by atoms with Gasteiger partial charge < -0.3 is 20.3 Å². The summed E-state index contributed by atoms with van der Waals surface area (Å²) in [6, 6.07) is 14.6. The van der Waals surface area contributed by atoms with Gasteiger partial charge in [-0.2, -0.15) is 5.10 Å². The molecule has 10 heteroatoms. The van der Waals surface area contributed by atoms with Crippen LogP contribution in [0.4, 0.5) is 22.9 Å². The van der Waals surface area contributed by atoms with Gasteiger partial charge in [0.25, 0.3) is 11.8 Å². The fourth-order valence-electron chi connectivity index (χ4n) is 4.12. The van der Waals surface area contributed by atoms with Crippen molar-refractivity contribution < 1.29 is 19.1 Å². The Morgan fingerprint density at radius 2 is 1.60 bits per heavy atom. The Bertz CT molecular complexity index is 1240. The molecule has 1 unspecified atom stereocenters. The van der Waals surface area contributed by atoms with Crippen molar-refractivity contribution in [1.82, 2.24) is 15.1 Å². The average Bonchev–Trinajstić information content (AvgIpc) is 3.15. The van der Waals surface area contributed by atoms with E-state index in [0.717, 1.165) is 29.4 Å². The van der Waals surface area contributed by atoms with E-state index in [4.69, 9.17) is 4.74 Å². The average molecular weight is 473 g/mol. The van der Waals surface area contributed by atoms with E-state index in [0.29, 0.717) is 35.8 Å². The Kier molecular flexibility index (Phi) is 6.11. The number of carbonyl (C=O) groups is 3. The second kappa shape index (κ2) is 9.51. The first-order valence-electron chi connectivity index (χ1n) is 11.3. The molecule has 2 aliphatic heterocycles. The number of fused-ring (bicyclic) bond motifs is 1. The Labute approximate surface area is 201 Å². The van der Waals surface area contributed by atoms with Crippen molar-refractivity contribution in [3.05, 3.63) is 71.9 Å². The van der Waals surface area contributed by atoms with Crippen LogP contribution >= 0.6 is 0 Å². The van der Waals surface area contributed by atoms with Gasteiger partial charge >= 0.3 is 0 Å². The van der Waals surface area contributed by atoms with E-state index in [1.807, 2.05) is 6.07 Å². The summed E-state index contributed by atoms with van der Waals surface area (Å²) in [4.78, 5) is 41.3. The normalized spacial score (nSPS) is 16.1. The molecule has 1 saturated heterocycles. The summed E-state index contributed by atoms with van der Waals surface area (Å²) in [7, 11) is 0. The molecule has 3 amide bonds. The molecule has 5 rings (SSSR count). The molecule has 1 fully saturated rings. The van der Waals surface area contributed by atoms with Crippen LogP contribution in [0.25, 0.3) is 0 Å². The fraction of sp³-hybridized carbons (Fsp3) is 0.240. The van der Waals surface area contributed by atoms with Gasteiger partial charge in [0.1, 0.15) is 6.04 Å². The molecule has 178 valence electrons. The van der Waals surface area contributed by atoms with Crippen LogP contribution in [0.2, 0.25) is 0 Å². The summed E-state index contributed by atoms with van der Waals surface area (Å²) in [6.45, 7) is 4.51. The van der Waals surface area contributed by atoms with Gasteiger partial charge in [-0.15, -0.1) is 5.10 Å². The molecule has 2 N–H and O–H groups in total. The first-order valence-corrected chi connectivity index (χ1v) is 11.3. The van der Waals surface area contributed by atoms with Gasteiger partial charge in [-0.25, -0.2) is 0 Å². The Balaban J connectivity index is 1.22. The number of hydrogen-bond donors (Lipinski definition) is 2. The van der Waals surface area contributed by atoms with Crippen LogP contribution in [0.15, 0.2) is 60.8 Å². The Morgan fingerprint density at radius 1 is 0.971 bits per heavy atom. The minimum Gasteiger partial charge on any atom is -0.378 e. The van der Waals surface area contributed by atoms with Gasteiger partial charge in [0, 0.05) is 30.5 Å². The van der Waals surface area contributed by atoms with Crippen LogP contribution in [-0.2, 0) is 9.53 Å². The second-order valence-electron chi connectivity index (χ2n) is 8.29. The first kappa shape index (κ1) is 22.5. The largest absolute Gasteiger partial charge is 0.378 e. The number of morpholine rings is 1. The molecule has 35 heavy (non-hydrogen) atoms. The van der Waals surface area contributed by atoms with Gasteiger partial charge in [-0.1, -0.05) is 12.1 Å². The highest BCUT2D eigenvalue weighted by Crippen LogP contribution is 2.26. The van der Waals surface area contributed by atoms with Crippen molar-refractivity contribution >= 4 is 40.6 Å². The maximum Gasteiger partial charge on any atom is 0.262 e. The summed E-state index contributed by atoms with van der Waals surface area (Å²) >= 11 is 0. The molecular formula is C25H24N6O4. The van der Waals surface area contributed by atoms with Crippen molar-refractivity contribution in [2.75, 3.05) is 41.8 Å². The predicted molar refractivity (Wildman–Crippen MR) is 130 cm³/mol. The van der Waals surface area contributed by atoms with Crippen molar-refractivity contribution in [2.24, 2.45) is 0 Å². The topological polar surface area (TPSA) is 117 Å². The summed E-state index contributed by atoms with van der Waals surface area (Å²) in [6.07, 6.45) is 1.73. The lowest BCUT2D eigenvalue weighted by molar-refractivity contribution is -0.119. The van der Waals surface area contributed by atoms with Gasteiger partial charge in [-0.3, -0.25) is 19.3 Å². The highest BCUT2D eigenvalue weighted by atomic mass is 16.5. The highest BCUT2D eigenvalue weighted by Gasteiger charge is 2.40. The van der Waals surface area contributed by atoms with E-state index in [2.05, 4.69) is 25.7 Å². The van der Waals surface area contributed by atoms with Crippen molar-refractivity contribution in [3.63, 3.8) is 0 Å². The fourth-order valence-corrected chi connectivity index (χ4v) is 4.12. The molecule has 0 saturated carbocycles. The molecule has 10 nitrogen and oxygen atoms in total. The van der Waals surface area contributed by atoms with E-state index >= 15 is 0 Å². The second-order valence-corrected chi connectivity index (χ2v) is 8.29. The van der Waals surface area contributed by atoms with Crippen LogP contribution in [0.5, 0.6) is 0 Å². The van der Waals surface area contributed by atoms with E-state index in [1.165, 1.54) is 6.92 Å². The number of ether oxygens (including phenoxy) is 1. The number of aromatic nitrogens is 2. The van der Waals surface area contributed by atoms with Crippen molar-refractivity contribution in [1.29, 1.82) is 0 Å². The summed E-state index contributed by atoms with van der Waals surface area (Å²) < 4.78 is 5.40. The third-order valence-corrected chi connectivity index (χ3v) is 6.03. The van der Waals surface area contributed by atoms with Crippen LogP contribution < -0.4 is 15.5 Å². The van der Waals surface area contributed by atoms with E-state index in [1.54, 1.807) is 54.7 Å². The van der Waals surface area contributed by atoms with Gasteiger partial charge in [0.05, 0.1) is 36.2 Å². The maximum absolute atomic E-state index is 12.8. The van der Waals surface area contributed by atoms with E-state index in [-0.39, 0.29) is 0 Å². The molecule has 3 heterocycles. The summed E-state index contributed by atoms with van der Waals surface area (Å²) in [5, 5.41) is 14.2. The molecule has 0 radical (unpaired) electrons. The molecule has 3 aromatic rings. The number of anilines is 4. The number of carbonyl (C=O) groups excluding carboxylic acids is 3. The molecule has 2 aromatic carbocycles. The number of nitrogens with zero attached hydrogens (tertiary/aromatic N) is 4. The lowest BCUT2D eigenvalue weighted by Crippen LogP contribution is -2.45. The minimum atomic E-state index is -0.960. The zero-order chi connectivity index (χ0) is 24.4. The minimum absolute atomic E-state index is 0.313. The van der Waals surface area contributed by atoms with Crippen LogP contribution in [0.1, 0.15) is 27.6 Å². The van der Waals surface area contributed by atoms with Crippen molar-refractivity contribution in [2.45, 2.75) is 13.0 Å². The molecule has 0 aliphatic carbocycles. The van der Waals surface area contributed by atoms with Crippen molar-refractivity contribution in [3.8, 4) is 0 Å². The zero-order valence-electron chi connectivity index (χ0n) is 19.1. The first-order chi connectivity index (χ1) is 17.0. The molecule has 0 spiro atoms. The maximum atomic E-state index is 12.8. The molecular weight excluding hydrogens is 448 g/mol. The van der Waals surface area contributed by atoms with Gasteiger partial charge in [-0.05, 0) is 43.3 Å². The molecule has 1 aromatic heterocycles. The van der Waals surface area contributed by atoms with Gasteiger partial charge in [0.2, 0.25) is 5.91 Å². The molecule has 2 aliphatic rings. The Morgan fingerprint density at radius 3 is 2.26 bits per heavy atom. The standard InChI is InChI=1S/C25H24N6O4/c1-16(31-24(33)20-4-2-3-5-21(20)25(31)34)23(32)28-18-8-6-17(7-9-18)27-22-14-19(15-26-29-22)30-10-12-35-13-11-30/h2-9,14-16H,10-13H2,1H3,(H,27,29)(H,28,32). The lowest BCUT2D eigenvalue weighted by atomic mass is 10.1. The highest BCUT2D eigenvalue weighted by molar-refractivity contribution is 6.23. The Hall–Kier alpha value is -4.31. The number of amides is 3. The number of nitrogens with one attached hydrogen (secondary N) is 2. The van der Waals surface area contributed by atoms with Crippen LogP contribution in [0.3, 0.4) is 0 Å². The SMILES string of the molecule is CC(C(=O)Nc1ccc(Nc2cc(N3CCOCC3)cnn2)cc1)N1C(=O)c2ccccc2C1=O. The quantitative estimate of drug-likeness (QED) is 0.526. The predicted octanol–water partition coefficient (Wildman–Crippen LogP) is 2.68. The molecule has 0 bridgehead atoms. The third-order valence-electron chi connectivity index (χ3n) is 6.03.